The van der Waals surface area contributed by atoms with Gasteiger partial charge in [0.05, 0.1) is 14.2 Å². The molecule has 1 heterocycles. The summed E-state index contributed by atoms with van der Waals surface area (Å²) in [6.07, 6.45) is 3.00. The van der Waals surface area contributed by atoms with Crippen LogP contribution >= 0.6 is 0 Å². The summed E-state index contributed by atoms with van der Waals surface area (Å²) in [7, 11) is 3.21. The second-order valence-corrected chi connectivity index (χ2v) is 7.51. The molecule has 2 aromatic carbocycles. The molecule has 0 saturated heterocycles. The zero-order valence-electron chi connectivity index (χ0n) is 17.8. The predicted octanol–water partition coefficient (Wildman–Crippen LogP) is 3.12. The van der Waals surface area contributed by atoms with Crippen molar-refractivity contribution in [1.29, 1.82) is 0 Å². The second kappa shape index (κ2) is 10.7. The molecule has 1 aliphatic rings. The molecule has 160 valence electrons. The summed E-state index contributed by atoms with van der Waals surface area (Å²) in [5, 5.41) is 2.91. The van der Waals surface area contributed by atoms with Gasteiger partial charge in [0.15, 0.2) is 0 Å². The fourth-order valence-corrected chi connectivity index (χ4v) is 3.69. The number of carbonyl (C=O) groups is 2. The monoisotopic (exact) mass is 410 g/mol. The first-order valence-electron chi connectivity index (χ1n) is 10.4. The van der Waals surface area contributed by atoms with Crippen LogP contribution in [0.15, 0.2) is 42.5 Å². The summed E-state index contributed by atoms with van der Waals surface area (Å²) in [5.74, 6) is 1.56. The van der Waals surface area contributed by atoms with Crippen LogP contribution < -0.4 is 14.8 Å². The summed E-state index contributed by atoms with van der Waals surface area (Å²) in [4.78, 5) is 26.5. The largest absolute Gasteiger partial charge is 0.497 e. The van der Waals surface area contributed by atoms with Gasteiger partial charge in [-0.05, 0) is 48.1 Å². The molecule has 0 saturated carbocycles. The number of amides is 2. The van der Waals surface area contributed by atoms with Crippen LogP contribution in [0.25, 0.3) is 0 Å². The van der Waals surface area contributed by atoms with E-state index < -0.39 is 0 Å². The van der Waals surface area contributed by atoms with Gasteiger partial charge in [-0.3, -0.25) is 9.59 Å². The van der Waals surface area contributed by atoms with E-state index in [4.69, 9.17) is 9.47 Å². The number of nitrogens with one attached hydrogen (secondary N) is 1. The Morgan fingerprint density at radius 3 is 2.40 bits per heavy atom. The number of carbonyl (C=O) groups excluding carboxylic acids is 2. The molecule has 1 N–H and O–H groups in total. The summed E-state index contributed by atoms with van der Waals surface area (Å²) in [5.41, 5.74) is 3.56. The Bertz CT molecular complexity index is 859. The normalized spacial score (nSPS) is 12.8. The lowest BCUT2D eigenvalue weighted by Crippen LogP contribution is -2.36. The van der Waals surface area contributed by atoms with E-state index in [1.807, 2.05) is 35.2 Å². The van der Waals surface area contributed by atoms with Crippen molar-refractivity contribution in [3.63, 3.8) is 0 Å². The molecule has 0 bridgehead atoms. The van der Waals surface area contributed by atoms with Gasteiger partial charge in [-0.1, -0.05) is 24.3 Å². The zero-order valence-corrected chi connectivity index (χ0v) is 17.8. The number of fused-ring (bicyclic) bond motifs is 1. The Morgan fingerprint density at radius 1 is 1.00 bits per heavy atom. The van der Waals surface area contributed by atoms with Crippen molar-refractivity contribution in [1.82, 2.24) is 10.2 Å². The average Bonchev–Trinajstić information content (AvgIpc) is 2.79. The highest BCUT2D eigenvalue weighted by Gasteiger charge is 2.19. The third-order valence-corrected chi connectivity index (χ3v) is 5.42. The van der Waals surface area contributed by atoms with Crippen molar-refractivity contribution in [2.24, 2.45) is 0 Å². The molecule has 0 spiro atoms. The number of methoxy groups -OCH3 is 2. The van der Waals surface area contributed by atoms with Gasteiger partial charge in [-0.15, -0.1) is 0 Å². The van der Waals surface area contributed by atoms with Crippen molar-refractivity contribution in [3.05, 3.63) is 59.2 Å². The quantitative estimate of drug-likeness (QED) is 0.645. The molecule has 0 fully saturated rings. The predicted molar refractivity (Wildman–Crippen MR) is 116 cm³/mol. The van der Waals surface area contributed by atoms with Crippen molar-refractivity contribution in [3.8, 4) is 11.5 Å². The van der Waals surface area contributed by atoms with Gasteiger partial charge in [-0.25, -0.2) is 0 Å². The maximum absolute atomic E-state index is 12.5. The maximum Gasteiger partial charge on any atom is 0.222 e. The van der Waals surface area contributed by atoms with Crippen LogP contribution in [0.5, 0.6) is 11.5 Å². The Labute approximate surface area is 178 Å². The van der Waals surface area contributed by atoms with Crippen LogP contribution in [-0.4, -0.2) is 44.0 Å². The highest BCUT2D eigenvalue weighted by atomic mass is 16.5. The molecule has 30 heavy (non-hydrogen) atoms. The van der Waals surface area contributed by atoms with Gasteiger partial charge < -0.3 is 19.7 Å². The highest BCUT2D eigenvalue weighted by Crippen LogP contribution is 2.23. The van der Waals surface area contributed by atoms with Crippen molar-refractivity contribution < 1.29 is 19.1 Å². The fourth-order valence-electron chi connectivity index (χ4n) is 3.69. The van der Waals surface area contributed by atoms with Gasteiger partial charge in [0, 0.05) is 38.5 Å². The van der Waals surface area contributed by atoms with Gasteiger partial charge in [0.1, 0.15) is 11.5 Å². The van der Waals surface area contributed by atoms with Crippen LogP contribution in [0.1, 0.15) is 36.0 Å². The average molecular weight is 411 g/mol. The second-order valence-electron chi connectivity index (χ2n) is 7.51. The summed E-state index contributed by atoms with van der Waals surface area (Å²) < 4.78 is 10.5. The van der Waals surface area contributed by atoms with Crippen molar-refractivity contribution in [2.75, 3.05) is 27.3 Å². The van der Waals surface area contributed by atoms with Gasteiger partial charge in [0.25, 0.3) is 0 Å². The SMILES string of the molecule is COc1cc(CCC(=O)NCCCC(=O)N2CCc3ccccc3C2)cc(OC)c1. The molecule has 0 unspecified atom stereocenters. The first kappa shape index (κ1) is 21.7. The molecule has 6 heteroatoms. The molecule has 6 nitrogen and oxygen atoms in total. The molecule has 0 aliphatic carbocycles. The summed E-state index contributed by atoms with van der Waals surface area (Å²) in [6.45, 7) is 1.97. The van der Waals surface area contributed by atoms with Crippen molar-refractivity contribution >= 4 is 11.8 Å². The van der Waals surface area contributed by atoms with E-state index in [-0.39, 0.29) is 11.8 Å². The van der Waals surface area contributed by atoms with Crippen molar-refractivity contribution in [2.45, 2.75) is 38.6 Å². The smallest absolute Gasteiger partial charge is 0.222 e. The zero-order chi connectivity index (χ0) is 21.3. The first-order chi connectivity index (χ1) is 14.6. The van der Waals surface area contributed by atoms with Gasteiger partial charge >= 0.3 is 0 Å². The van der Waals surface area contributed by atoms with E-state index in [2.05, 4.69) is 17.4 Å². The number of hydrogen-bond acceptors (Lipinski definition) is 4. The van der Waals surface area contributed by atoms with Gasteiger partial charge in [0.2, 0.25) is 11.8 Å². The van der Waals surface area contributed by atoms with E-state index in [1.54, 1.807) is 14.2 Å². The maximum atomic E-state index is 12.5. The van der Waals surface area contributed by atoms with E-state index in [0.717, 1.165) is 18.5 Å². The fraction of sp³-hybridized carbons (Fsp3) is 0.417. The summed E-state index contributed by atoms with van der Waals surface area (Å²) in [6, 6.07) is 13.9. The third-order valence-electron chi connectivity index (χ3n) is 5.42. The standard InChI is InChI=1S/C24H30N2O4/c1-29-21-14-18(15-22(16-21)30-2)9-10-23(27)25-12-5-8-24(28)26-13-11-19-6-3-4-7-20(19)17-26/h3-4,6-7,14-16H,5,8-13,17H2,1-2H3,(H,25,27). The number of rotatable bonds is 9. The van der Waals surface area contributed by atoms with Crippen LogP contribution in [0.3, 0.4) is 0 Å². The van der Waals surface area contributed by atoms with Crippen LogP contribution in [0.4, 0.5) is 0 Å². The molecular formula is C24H30N2O4. The lowest BCUT2D eigenvalue weighted by molar-refractivity contribution is -0.132. The molecular weight excluding hydrogens is 380 g/mol. The van der Waals surface area contributed by atoms with Crippen LogP contribution in [0, 0.1) is 0 Å². The Kier molecular flexibility index (Phi) is 7.71. The number of benzene rings is 2. The molecule has 0 atom stereocenters. The van der Waals surface area contributed by atoms with Gasteiger partial charge in [-0.2, -0.15) is 0 Å². The number of nitrogens with zero attached hydrogens (tertiary/aromatic N) is 1. The minimum atomic E-state index is -0.0175. The Balaban J connectivity index is 1.36. The Hall–Kier alpha value is -3.02. The number of ether oxygens (including phenoxy) is 2. The summed E-state index contributed by atoms with van der Waals surface area (Å²) >= 11 is 0. The topological polar surface area (TPSA) is 67.9 Å². The molecule has 0 radical (unpaired) electrons. The lowest BCUT2D eigenvalue weighted by atomic mass is 9.99. The minimum absolute atomic E-state index is 0.0175. The molecule has 2 amide bonds. The van der Waals surface area contributed by atoms with E-state index >= 15 is 0 Å². The molecule has 3 rings (SSSR count). The van der Waals surface area contributed by atoms with Crippen LogP contribution in [-0.2, 0) is 29.0 Å². The van der Waals surface area contributed by atoms with Crippen LogP contribution in [0.2, 0.25) is 0 Å². The molecule has 1 aliphatic heterocycles. The Morgan fingerprint density at radius 2 is 1.70 bits per heavy atom. The number of hydrogen-bond donors (Lipinski definition) is 1. The number of aryl methyl sites for hydroxylation is 1. The van der Waals surface area contributed by atoms with E-state index in [1.165, 1.54) is 11.1 Å². The highest BCUT2D eigenvalue weighted by molar-refractivity contribution is 5.77. The van der Waals surface area contributed by atoms with E-state index in [9.17, 15) is 9.59 Å². The molecule has 2 aromatic rings. The third kappa shape index (κ3) is 5.99. The van der Waals surface area contributed by atoms with E-state index in [0.29, 0.717) is 50.3 Å². The minimum Gasteiger partial charge on any atom is -0.497 e. The molecule has 0 aromatic heterocycles. The first-order valence-corrected chi connectivity index (χ1v) is 10.4. The lowest BCUT2D eigenvalue weighted by Gasteiger charge is -2.29.